The van der Waals surface area contributed by atoms with Gasteiger partial charge in [-0.2, -0.15) is 0 Å². The van der Waals surface area contributed by atoms with Gasteiger partial charge in [-0.15, -0.1) is 0 Å². The number of carbonyl (C=O) groups is 2. The second-order valence-electron chi connectivity index (χ2n) is 9.55. The highest BCUT2D eigenvalue weighted by Crippen LogP contribution is 2.12. The first-order valence-electron chi connectivity index (χ1n) is 12.5. The normalized spacial score (nSPS) is 12.4. The van der Waals surface area contributed by atoms with E-state index >= 15 is 0 Å². The number of rotatable bonds is 17. The minimum absolute atomic E-state index is 0.188. The number of benzene rings is 1. The van der Waals surface area contributed by atoms with E-state index in [2.05, 4.69) is 12.2 Å². The molecule has 0 spiro atoms. The average molecular weight is 448 g/mol. The predicted octanol–water partition coefficient (Wildman–Crippen LogP) is 6.34. The van der Waals surface area contributed by atoms with Crippen LogP contribution in [0.15, 0.2) is 30.3 Å². The molecule has 0 aliphatic rings. The number of ether oxygens (including phenoxy) is 2. The third-order valence-corrected chi connectivity index (χ3v) is 5.24. The van der Waals surface area contributed by atoms with Gasteiger partial charge in [0.1, 0.15) is 18.2 Å². The van der Waals surface area contributed by atoms with Gasteiger partial charge < -0.3 is 14.8 Å². The van der Waals surface area contributed by atoms with Gasteiger partial charge in [-0.1, -0.05) is 88.6 Å². The van der Waals surface area contributed by atoms with Crippen LogP contribution < -0.4 is 5.32 Å². The van der Waals surface area contributed by atoms with Crippen LogP contribution in [0.25, 0.3) is 0 Å². The van der Waals surface area contributed by atoms with Crippen molar-refractivity contribution in [2.24, 2.45) is 0 Å². The topological polar surface area (TPSA) is 64.6 Å². The first-order valence-corrected chi connectivity index (χ1v) is 12.5. The predicted molar refractivity (Wildman–Crippen MR) is 130 cm³/mol. The zero-order valence-electron chi connectivity index (χ0n) is 20.8. The summed E-state index contributed by atoms with van der Waals surface area (Å²) in [7, 11) is 0. The van der Waals surface area contributed by atoms with Gasteiger partial charge in [0.05, 0.1) is 0 Å². The van der Waals surface area contributed by atoms with Crippen molar-refractivity contribution in [2.75, 3.05) is 6.54 Å². The van der Waals surface area contributed by atoms with E-state index in [-0.39, 0.29) is 25.0 Å². The lowest BCUT2D eigenvalue weighted by molar-refractivity contribution is -0.155. The molecule has 0 aromatic heterocycles. The molecule has 0 bridgehead atoms. The first-order chi connectivity index (χ1) is 15.3. The molecule has 1 rings (SSSR count). The molecular formula is C27H45NO4. The van der Waals surface area contributed by atoms with E-state index in [1.165, 1.54) is 44.9 Å². The number of hydrogen-bond acceptors (Lipinski definition) is 5. The van der Waals surface area contributed by atoms with E-state index in [1.54, 1.807) is 0 Å². The summed E-state index contributed by atoms with van der Waals surface area (Å²) >= 11 is 0. The molecule has 0 heterocycles. The monoisotopic (exact) mass is 447 g/mol. The second-order valence-corrected chi connectivity index (χ2v) is 9.55. The van der Waals surface area contributed by atoms with Crippen molar-refractivity contribution in [2.45, 2.75) is 117 Å². The Morgan fingerprint density at radius 1 is 0.906 bits per heavy atom. The molecule has 1 aromatic rings. The summed E-state index contributed by atoms with van der Waals surface area (Å²) in [5.74, 6) is -0.600. The Bertz CT molecular complexity index is 624. The summed E-state index contributed by atoms with van der Waals surface area (Å²) in [5.41, 5.74) is 0.426. The van der Waals surface area contributed by atoms with Gasteiger partial charge in [-0.3, -0.25) is 9.59 Å². The maximum atomic E-state index is 12.7. The highest BCUT2D eigenvalue weighted by Gasteiger charge is 2.23. The standard InChI is InChI=1S/C27H45NO4/c1-5-6-7-8-9-10-11-12-16-21-28-24(19-20-25(29)32-27(2,3)4)26(30)31-22-23-17-14-13-15-18-23/h13-15,17-18,24,28H,5-12,16,19-22H2,1-4H3. The summed E-state index contributed by atoms with van der Waals surface area (Å²) < 4.78 is 10.9. The fourth-order valence-corrected chi connectivity index (χ4v) is 3.50. The van der Waals surface area contributed by atoms with Crippen LogP contribution in [0.2, 0.25) is 0 Å². The summed E-state index contributed by atoms with van der Waals surface area (Å²) in [6, 6.07) is 9.13. The number of carbonyl (C=O) groups excluding carboxylic acids is 2. The van der Waals surface area contributed by atoms with E-state index < -0.39 is 11.6 Å². The van der Waals surface area contributed by atoms with Gasteiger partial charge in [-0.05, 0) is 45.7 Å². The van der Waals surface area contributed by atoms with E-state index in [0.29, 0.717) is 6.42 Å². The lowest BCUT2D eigenvalue weighted by Gasteiger charge is -2.21. The number of hydrogen-bond donors (Lipinski definition) is 1. The Hall–Kier alpha value is -1.88. The van der Waals surface area contributed by atoms with Crippen molar-refractivity contribution in [1.82, 2.24) is 5.32 Å². The fraction of sp³-hybridized carbons (Fsp3) is 0.704. The fourth-order valence-electron chi connectivity index (χ4n) is 3.50. The average Bonchev–Trinajstić information content (AvgIpc) is 2.75. The summed E-state index contributed by atoms with van der Waals surface area (Å²) in [6.07, 6.45) is 11.9. The molecule has 5 nitrogen and oxygen atoms in total. The third-order valence-electron chi connectivity index (χ3n) is 5.24. The molecule has 0 saturated heterocycles. The number of esters is 2. The van der Waals surface area contributed by atoms with Gasteiger partial charge in [0.2, 0.25) is 0 Å². The molecule has 0 aliphatic heterocycles. The summed E-state index contributed by atoms with van der Waals surface area (Å²) in [6.45, 7) is 8.76. The second kappa shape index (κ2) is 16.7. The molecule has 5 heteroatoms. The molecule has 0 saturated carbocycles. The zero-order chi connectivity index (χ0) is 23.7. The first kappa shape index (κ1) is 28.2. The van der Waals surface area contributed by atoms with Gasteiger partial charge in [0.15, 0.2) is 0 Å². The van der Waals surface area contributed by atoms with Crippen LogP contribution in [0.5, 0.6) is 0 Å². The van der Waals surface area contributed by atoms with Crippen LogP contribution >= 0.6 is 0 Å². The lowest BCUT2D eigenvalue weighted by Crippen LogP contribution is -2.39. The van der Waals surface area contributed by atoms with Crippen molar-refractivity contribution in [3.05, 3.63) is 35.9 Å². The Labute approximate surface area is 195 Å². The van der Waals surface area contributed by atoms with Crippen molar-refractivity contribution in [3.63, 3.8) is 0 Å². The Balaban J connectivity index is 2.38. The lowest BCUT2D eigenvalue weighted by atomic mass is 10.1. The molecule has 0 fully saturated rings. The molecule has 0 aliphatic carbocycles. The molecule has 0 radical (unpaired) electrons. The SMILES string of the molecule is CCCCCCCCCCCNC(CCC(=O)OC(C)(C)C)C(=O)OCc1ccccc1. The highest BCUT2D eigenvalue weighted by atomic mass is 16.6. The molecule has 0 amide bonds. The van der Waals surface area contributed by atoms with Crippen molar-refractivity contribution < 1.29 is 19.1 Å². The van der Waals surface area contributed by atoms with Gasteiger partial charge in [0, 0.05) is 6.42 Å². The Morgan fingerprint density at radius 3 is 2.09 bits per heavy atom. The number of unbranched alkanes of at least 4 members (excludes halogenated alkanes) is 8. The molecule has 1 atom stereocenters. The smallest absolute Gasteiger partial charge is 0.323 e. The van der Waals surface area contributed by atoms with E-state index in [1.807, 2.05) is 51.1 Å². The van der Waals surface area contributed by atoms with E-state index in [4.69, 9.17) is 9.47 Å². The van der Waals surface area contributed by atoms with Crippen LogP contribution in [0, 0.1) is 0 Å². The maximum absolute atomic E-state index is 12.7. The van der Waals surface area contributed by atoms with Crippen LogP contribution in [0.3, 0.4) is 0 Å². The summed E-state index contributed by atoms with van der Waals surface area (Å²) in [4.78, 5) is 24.8. The highest BCUT2D eigenvalue weighted by molar-refractivity contribution is 5.77. The molecule has 182 valence electrons. The molecule has 1 N–H and O–H groups in total. The zero-order valence-corrected chi connectivity index (χ0v) is 20.8. The minimum Gasteiger partial charge on any atom is -0.460 e. The molecule has 1 aromatic carbocycles. The van der Waals surface area contributed by atoms with Crippen LogP contribution in [-0.4, -0.2) is 30.1 Å². The van der Waals surface area contributed by atoms with Gasteiger partial charge in [-0.25, -0.2) is 0 Å². The third kappa shape index (κ3) is 15.0. The molecular weight excluding hydrogens is 402 g/mol. The van der Waals surface area contributed by atoms with E-state index in [9.17, 15) is 9.59 Å². The largest absolute Gasteiger partial charge is 0.460 e. The minimum atomic E-state index is -0.523. The maximum Gasteiger partial charge on any atom is 0.323 e. The number of nitrogens with one attached hydrogen (secondary N) is 1. The van der Waals surface area contributed by atoms with Crippen molar-refractivity contribution in [1.29, 1.82) is 0 Å². The molecule has 1 unspecified atom stereocenters. The van der Waals surface area contributed by atoms with Crippen molar-refractivity contribution >= 4 is 11.9 Å². The van der Waals surface area contributed by atoms with Crippen molar-refractivity contribution in [3.8, 4) is 0 Å². The quantitative estimate of drug-likeness (QED) is 0.223. The Kier molecular flexibility index (Phi) is 14.7. The Morgan fingerprint density at radius 2 is 1.50 bits per heavy atom. The van der Waals surface area contributed by atoms with Gasteiger partial charge >= 0.3 is 11.9 Å². The summed E-state index contributed by atoms with van der Waals surface area (Å²) in [5, 5.41) is 3.31. The van der Waals surface area contributed by atoms with Gasteiger partial charge in [0.25, 0.3) is 0 Å². The van der Waals surface area contributed by atoms with E-state index in [0.717, 1.165) is 24.9 Å². The van der Waals surface area contributed by atoms with Crippen LogP contribution in [-0.2, 0) is 25.7 Å². The van der Waals surface area contributed by atoms with Crippen LogP contribution in [0.4, 0.5) is 0 Å². The molecule has 32 heavy (non-hydrogen) atoms. The van der Waals surface area contributed by atoms with Crippen LogP contribution in [0.1, 0.15) is 104 Å².